The van der Waals surface area contributed by atoms with Crippen LogP contribution in [0.2, 0.25) is 0 Å². The number of amides is 1. The molecule has 24 heavy (non-hydrogen) atoms. The molecule has 2 aliphatic rings. The number of nitrogens with zero attached hydrogens (tertiary/aromatic N) is 1. The highest BCUT2D eigenvalue weighted by Gasteiger charge is 2.58. The number of carbonyl (C=O) groups excluding carboxylic acids is 1. The van der Waals surface area contributed by atoms with E-state index in [1.54, 1.807) is 30.3 Å². The van der Waals surface area contributed by atoms with Gasteiger partial charge in [-0.05, 0) is 6.07 Å². The van der Waals surface area contributed by atoms with E-state index in [9.17, 15) is 24.8 Å². The second kappa shape index (κ2) is 4.36. The molecule has 2 aliphatic heterocycles. The number of nitriles is 1. The van der Waals surface area contributed by atoms with E-state index in [-0.39, 0.29) is 11.4 Å². The maximum Gasteiger partial charge on any atom is 0.328 e. The number of ether oxygens (including phenoxy) is 1. The SMILES string of the molecule is N#CC1=C(O)Oc2[nH]c(=O)[nH]c(=O)c2[C@]12C(=O)Nc1ccccc12. The summed E-state index contributed by atoms with van der Waals surface area (Å²) >= 11 is 0. The fraction of sp³-hybridized carbons (Fsp3) is 0.0667. The van der Waals surface area contributed by atoms with Gasteiger partial charge >= 0.3 is 5.69 Å². The summed E-state index contributed by atoms with van der Waals surface area (Å²) in [6, 6.07) is 8.19. The number of aromatic nitrogens is 2. The Morgan fingerprint density at radius 1 is 1.17 bits per heavy atom. The number of aromatic amines is 2. The van der Waals surface area contributed by atoms with Gasteiger partial charge in [-0.3, -0.25) is 19.6 Å². The topological polar surface area (TPSA) is 148 Å². The van der Waals surface area contributed by atoms with Crippen LogP contribution in [0.15, 0.2) is 45.4 Å². The van der Waals surface area contributed by atoms with Gasteiger partial charge in [0.05, 0.1) is 0 Å². The molecule has 0 aliphatic carbocycles. The highest BCUT2D eigenvalue weighted by molar-refractivity contribution is 6.12. The van der Waals surface area contributed by atoms with E-state index in [2.05, 4.69) is 10.3 Å². The fourth-order valence-corrected chi connectivity index (χ4v) is 3.20. The Morgan fingerprint density at radius 3 is 2.67 bits per heavy atom. The number of H-pyrrole nitrogens is 2. The molecular weight excluding hydrogens is 316 g/mol. The van der Waals surface area contributed by atoms with Crippen LogP contribution < -0.4 is 21.3 Å². The molecule has 1 spiro atoms. The van der Waals surface area contributed by atoms with Gasteiger partial charge in [0.25, 0.3) is 11.5 Å². The Bertz CT molecular complexity index is 1100. The van der Waals surface area contributed by atoms with Crippen LogP contribution in [0.1, 0.15) is 11.1 Å². The largest absolute Gasteiger partial charge is 0.480 e. The van der Waals surface area contributed by atoms with Gasteiger partial charge in [-0.1, -0.05) is 18.2 Å². The van der Waals surface area contributed by atoms with E-state index in [0.717, 1.165) is 0 Å². The summed E-state index contributed by atoms with van der Waals surface area (Å²) in [5.41, 5.74) is -3.66. The van der Waals surface area contributed by atoms with Crippen molar-refractivity contribution in [2.45, 2.75) is 5.41 Å². The van der Waals surface area contributed by atoms with Crippen molar-refractivity contribution in [3.63, 3.8) is 0 Å². The van der Waals surface area contributed by atoms with Crippen molar-refractivity contribution in [2.24, 2.45) is 0 Å². The number of aliphatic hydroxyl groups is 1. The van der Waals surface area contributed by atoms with Crippen LogP contribution in [0, 0.1) is 11.3 Å². The molecule has 4 rings (SSSR count). The molecule has 0 unspecified atom stereocenters. The average molecular weight is 324 g/mol. The summed E-state index contributed by atoms with van der Waals surface area (Å²) in [5.74, 6) is -1.93. The maximum absolute atomic E-state index is 12.8. The van der Waals surface area contributed by atoms with Crippen molar-refractivity contribution in [3.05, 3.63) is 67.7 Å². The number of rotatable bonds is 0. The number of carbonyl (C=O) groups is 1. The maximum atomic E-state index is 12.8. The number of aliphatic hydroxyl groups excluding tert-OH is 1. The molecule has 1 aromatic heterocycles. The molecule has 9 heteroatoms. The first-order valence-corrected chi connectivity index (χ1v) is 6.80. The number of hydrogen-bond acceptors (Lipinski definition) is 6. The van der Waals surface area contributed by atoms with Gasteiger partial charge in [-0.25, -0.2) is 4.79 Å². The Balaban J connectivity index is 2.24. The quantitative estimate of drug-likeness (QED) is 0.535. The second-order valence-electron chi connectivity index (χ2n) is 5.26. The monoisotopic (exact) mass is 324 g/mol. The zero-order valence-corrected chi connectivity index (χ0v) is 11.8. The Kier molecular flexibility index (Phi) is 2.51. The molecule has 0 bridgehead atoms. The lowest BCUT2D eigenvalue weighted by Gasteiger charge is -2.31. The molecule has 1 atom stereocenters. The van der Waals surface area contributed by atoms with Crippen molar-refractivity contribution in [3.8, 4) is 11.9 Å². The van der Waals surface area contributed by atoms with Crippen molar-refractivity contribution in [1.82, 2.24) is 9.97 Å². The molecule has 118 valence electrons. The van der Waals surface area contributed by atoms with E-state index in [0.29, 0.717) is 11.3 Å². The molecular formula is C15H8N4O5. The minimum Gasteiger partial charge on any atom is -0.480 e. The van der Waals surface area contributed by atoms with Gasteiger partial charge in [-0.2, -0.15) is 5.26 Å². The highest BCUT2D eigenvalue weighted by atomic mass is 16.6. The van der Waals surface area contributed by atoms with E-state index in [1.165, 1.54) is 0 Å². The van der Waals surface area contributed by atoms with Crippen molar-refractivity contribution in [1.29, 1.82) is 5.26 Å². The molecule has 9 nitrogen and oxygen atoms in total. The first kappa shape index (κ1) is 13.8. The van der Waals surface area contributed by atoms with Crippen molar-refractivity contribution in [2.75, 3.05) is 5.32 Å². The summed E-state index contributed by atoms with van der Waals surface area (Å²) < 4.78 is 5.00. The molecule has 4 N–H and O–H groups in total. The van der Waals surface area contributed by atoms with Crippen molar-refractivity contribution < 1.29 is 14.6 Å². The Hall–Kier alpha value is -3.80. The van der Waals surface area contributed by atoms with E-state index >= 15 is 0 Å². The molecule has 3 heterocycles. The van der Waals surface area contributed by atoms with E-state index < -0.39 is 34.1 Å². The lowest BCUT2D eigenvalue weighted by Crippen LogP contribution is -2.47. The normalized spacial score (nSPS) is 20.9. The minimum atomic E-state index is -1.90. The van der Waals surface area contributed by atoms with Gasteiger partial charge in [0.2, 0.25) is 11.8 Å². The lowest BCUT2D eigenvalue weighted by atomic mass is 9.70. The summed E-state index contributed by atoms with van der Waals surface area (Å²) in [7, 11) is 0. The first-order chi connectivity index (χ1) is 11.5. The standard InChI is InChI=1S/C15H8N4O5/c16-5-7-12(21)24-11-9(10(20)18-14(23)19-11)15(7)6-3-1-2-4-8(6)17-13(15)22/h1-4,21H,(H,17,22)(H2,18,19,20,23)/t15-/m1/s1. The van der Waals surface area contributed by atoms with Crippen LogP contribution in [0.3, 0.4) is 0 Å². The van der Waals surface area contributed by atoms with Gasteiger partial charge < -0.3 is 15.2 Å². The predicted octanol–water partition coefficient (Wildman–Crippen LogP) is -0.0130. The van der Waals surface area contributed by atoms with Crippen LogP contribution in [0.25, 0.3) is 0 Å². The smallest absolute Gasteiger partial charge is 0.328 e. The van der Waals surface area contributed by atoms with E-state index in [1.807, 2.05) is 4.98 Å². The van der Waals surface area contributed by atoms with Gasteiger partial charge in [0.15, 0.2) is 5.41 Å². The van der Waals surface area contributed by atoms with Crippen LogP contribution in [0.4, 0.5) is 5.69 Å². The van der Waals surface area contributed by atoms with Crippen LogP contribution in [-0.2, 0) is 10.2 Å². The lowest BCUT2D eigenvalue weighted by molar-refractivity contribution is -0.118. The van der Waals surface area contributed by atoms with Gasteiger partial charge in [0.1, 0.15) is 17.2 Å². The fourth-order valence-electron chi connectivity index (χ4n) is 3.20. The highest BCUT2D eigenvalue weighted by Crippen LogP contribution is 2.51. The summed E-state index contributed by atoms with van der Waals surface area (Å²) in [6.45, 7) is 0. The predicted molar refractivity (Wildman–Crippen MR) is 79.4 cm³/mol. The number of hydrogen-bond donors (Lipinski definition) is 4. The average Bonchev–Trinajstić information content (AvgIpc) is 2.80. The summed E-state index contributed by atoms with van der Waals surface area (Å²) in [6.07, 6.45) is 0. The number of nitrogens with one attached hydrogen (secondary N) is 3. The molecule has 1 aromatic carbocycles. The number of benzene rings is 1. The van der Waals surface area contributed by atoms with Gasteiger partial charge in [0, 0.05) is 11.3 Å². The number of para-hydroxylation sites is 1. The van der Waals surface area contributed by atoms with Crippen LogP contribution in [0.5, 0.6) is 5.88 Å². The third-order valence-corrected chi connectivity index (χ3v) is 4.10. The Labute approximate surface area is 132 Å². The molecule has 2 aromatic rings. The van der Waals surface area contributed by atoms with Gasteiger partial charge in [-0.15, -0.1) is 0 Å². The minimum absolute atomic E-state index is 0.265. The summed E-state index contributed by atoms with van der Waals surface area (Å²) in [5, 5.41) is 22.2. The first-order valence-electron chi connectivity index (χ1n) is 6.80. The second-order valence-corrected chi connectivity index (χ2v) is 5.26. The molecule has 0 radical (unpaired) electrons. The third-order valence-electron chi connectivity index (χ3n) is 4.10. The third kappa shape index (κ3) is 1.44. The van der Waals surface area contributed by atoms with Crippen LogP contribution >= 0.6 is 0 Å². The van der Waals surface area contributed by atoms with E-state index in [4.69, 9.17) is 4.74 Å². The Morgan fingerprint density at radius 2 is 1.92 bits per heavy atom. The molecule has 0 saturated heterocycles. The summed E-state index contributed by atoms with van der Waals surface area (Å²) in [4.78, 5) is 41.0. The van der Waals surface area contributed by atoms with Crippen LogP contribution in [-0.4, -0.2) is 21.0 Å². The zero-order chi connectivity index (χ0) is 17.1. The number of fused-ring (bicyclic) bond motifs is 4. The number of anilines is 1. The zero-order valence-electron chi connectivity index (χ0n) is 11.8. The van der Waals surface area contributed by atoms with Crippen molar-refractivity contribution >= 4 is 11.6 Å². The molecule has 0 fully saturated rings. The molecule has 1 amide bonds. The molecule has 0 saturated carbocycles.